The van der Waals surface area contributed by atoms with E-state index in [1.165, 1.54) is 12.4 Å². The SMILES string of the molecule is Cc1nccn1F. The second-order valence-corrected chi connectivity index (χ2v) is 1.29. The molecule has 0 saturated carbocycles. The minimum atomic E-state index is 0.389. The Morgan fingerprint density at radius 2 is 2.57 bits per heavy atom. The first-order valence-corrected chi connectivity index (χ1v) is 1.97. The number of nitrogens with zero attached hydrogens (tertiary/aromatic N) is 2. The summed E-state index contributed by atoms with van der Waals surface area (Å²) in [5, 5.41) is 0. The number of hydrogen-bond acceptors (Lipinski definition) is 1. The predicted molar refractivity (Wildman–Crippen MR) is 23.5 cm³/mol. The Kier molecular flexibility index (Phi) is 0.817. The molecule has 7 heavy (non-hydrogen) atoms. The third-order valence-corrected chi connectivity index (χ3v) is 0.768. The molecule has 38 valence electrons. The van der Waals surface area contributed by atoms with Crippen molar-refractivity contribution < 1.29 is 4.48 Å². The van der Waals surface area contributed by atoms with Crippen molar-refractivity contribution in [1.29, 1.82) is 0 Å². The molecular weight excluding hydrogens is 95.1 g/mol. The van der Waals surface area contributed by atoms with Crippen LogP contribution < -0.4 is 0 Å². The van der Waals surface area contributed by atoms with Crippen molar-refractivity contribution in [2.75, 3.05) is 0 Å². The molecule has 0 fully saturated rings. The van der Waals surface area contributed by atoms with Gasteiger partial charge in [0, 0.05) is 6.20 Å². The van der Waals surface area contributed by atoms with E-state index < -0.39 is 0 Å². The van der Waals surface area contributed by atoms with Crippen molar-refractivity contribution in [3.05, 3.63) is 18.2 Å². The van der Waals surface area contributed by atoms with Crippen LogP contribution in [0.25, 0.3) is 0 Å². The van der Waals surface area contributed by atoms with Crippen LogP contribution in [0.1, 0.15) is 5.82 Å². The maximum Gasteiger partial charge on any atom is 0.136 e. The lowest BCUT2D eigenvalue weighted by atomic mass is 10.8. The predicted octanol–water partition coefficient (Wildman–Crippen LogP) is 0.924. The minimum Gasteiger partial charge on any atom is -0.239 e. The Hall–Kier alpha value is -0.860. The van der Waals surface area contributed by atoms with E-state index in [0.29, 0.717) is 10.6 Å². The summed E-state index contributed by atoms with van der Waals surface area (Å²) in [4.78, 5) is 4.08. The Labute approximate surface area is 40.5 Å². The van der Waals surface area contributed by atoms with Crippen LogP contribution in [0.15, 0.2) is 12.4 Å². The number of imidazole rings is 1. The number of aromatic nitrogens is 2. The summed E-state index contributed by atoms with van der Waals surface area (Å²) in [5.74, 6) is 0.389. The average molecular weight is 100 g/mol. The first-order chi connectivity index (χ1) is 3.30. The highest BCUT2D eigenvalue weighted by Gasteiger charge is 1.88. The van der Waals surface area contributed by atoms with Crippen LogP contribution in [-0.2, 0) is 0 Å². The number of hydrogen-bond donors (Lipinski definition) is 0. The van der Waals surface area contributed by atoms with Crippen LogP contribution in [0.5, 0.6) is 0 Å². The fourth-order valence-corrected chi connectivity index (χ4v) is 0.363. The molecule has 0 spiro atoms. The molecule has 0 amide bonds. The topological polar surface area (TPSA) is 17.8 Å². The van der Waals surface area contributed by atoms with Gasteiger partial charge in [0.15, 0.2) is 0 Å². The summed E-state index contributed by atoms with van der Waals surface area (Å²) in [6, 6.07) is 0. The van der Waals surface area contributed by atoms with Crippen LogP contribution in [0.4, 0.5) is 4.48 Å². The average Bonchev–Trinajstić information content (AvgIpc) is 1.91. The Bertz CT molecular complexity index is 142. The first kappa shape index (κ1) is 4.30. The van der Waals surface area contributed by atoms with Crippen LogP contribution in [0.3, 0.4) is 0 Å². The molecule has 0 radical (unpaired) electrons. The highest BCUT2D eigenvalue weighted by molar-refractivity contribution is 4.83. The molecular formula is C4H5FN2. The minimum absolute atomic E-state index is 0.389. The van der Waals surface area contributed by atoms with Crippen molar-refractivity contribution in [3.8, 4) is 0 Å². The molecule has 2 nitrogen and oxygen atoms in total. The van der Waals surface area contributed by atoms with Crippen molar-refractivity contribution >= 4 is 0 Å². The number of rotatable bonds is 0. The van der Waals surface area contributed by atoms with Gasteiger partial charge in [-0.15, -0.1) is 0 Å². The number of halogens is 1. The van der Waals surface area contributed by atoms with Gasteiger partial charge in [-0.25, -0.2) is 4.98 Å². The smallest absolute Gasteiger partial charge is 0.136 e. The van der Waals surface area contributed by atoms with E-state index in [1.54, 1.807) is 6.92 Å². The lowest BCUT2D eigenvalue weighted by molar-refractivity contribution is 0.357. The van der Waals surface area contributed by atoms with E-state index in [-0.39, 0.29) is 0 Å². The summed E-state index contributed by atoms with van der Waals surface area (Å²) in [6.45, 7) is 1.60. The zero-order valence-electron chi connectivity index (χ0n) is 3.93. The zero-order chi connectivity index (χ0) is 5.28. The monoisotopic (exact) mass is 100 g/mol. The van der Waals surface area contributed by atoms with Crippen LogP contribution in [0.2, 0.25) is 0 Å². The quantitative estimate of drug-likeness (QED) is 0.474. The first-order valence-electron chi connectivity index (χ1n) is 1.97. The molecule has 1 aromatic heterocycles. The van der Waals surface area contributed by atoms with Gasteiger partial charge in [0.1, 0.15) is 5.82 Å². The van der Waals surface area contributed by atoms with Gasteiger partial charge < -0.3 is 0 Å². The third-order valence-electron chi connectivity index (χ3n) is 0.768. The molecule has 0 N–H and O–H groups in total. The van der Waals surface area contributed by atoms with E-state index in [2.05, 4.69) is 4.98 Å². The highest BCUT2D eigenvalue weighted by atomic mass is 19.2. The van der Waals surface area contributed by atoms with E-state index in [9.17, 15) is 4.48 Å². The van der Waals surface area contributed by atoms with Crippen LogP contribution in [-0.4, -0.2) is 9.77 Å². The Morgan fingerprint density at radius 3 is 2.71 bits per heavy atom. The second kappa shape index (κ2) is 1.33. The van der Waals surface area contributed by atoms with Crippen molar-refractivity contribution in [3.63, 3.8) is 0 Å². The van der Waals surface area contributed by atoms with E-state index in [4.69, 9.17) is 0 Å². The summed E-state index contributed by atoms with van der Waals surface area (Å²) < 4.78 is 11.9. The maximum atomic E-state index is 11.9. The molecule has 0 aliphatic rings. The molecule has 3 heteroatoms. The normalized spacial score (nSPS) is 9.43. The Morgan fingerprint density at radius 1 is 1.86 bits per heavy atom. The molecule has 0 aliphatic carbocycles. The Balaban J connectivity index is 3.12. The van der Waals surface area contributed by atoms with Gasteiger partial charge in [0.05, 0.1) is 6.20 Å². The molecule has 0 aromatic carbocycles. The van der Waals surface area contributed by atoms with Crippen molar-refractivity contribution in [2.24, 2.45) is 0 Å². The molecule has 0 saturated heterocycles. The molecule has 0 atom stereocenters. The fraction of sp³-hybridized carbons (Fsp3) is 0.250. The molecule has 0 bridgehead atoms. The summed E-state index contributed by atoms with van der Waals surface area (Å²) in [5.41, 5.74) is 0. The third kappa shape index (κ3) is 0.607. The molecule has 0 aliphatic heterocycles. The van der Waals surface area contributed by atoms with Gasteiger partial charge in [-0.3, -0.25) is 0 Å². The zero-order valence-corrected chi connectivity index (χ0v) is 3.93. The summed E-state index contributed by atoms with van der Waals surface area (Å²) in [7, 11) is 0. The van der Waals surface area contributed by atoms with Gasteiger partial charge in [0.2, 0.25) is 0 Å². The van der Waals surface area contributed by atoms with E-state index >= 15 is 0 Å². The molecule has 1 heterocycles. The van der Waals surface area contributed by atoms with Gasteiger partial charge in [-0.05, 0) is 6.92 Å². The van der Waals surface area contributed by atoms with Crippen molar-refractivity contribution in [2.45, 2.75) is 6.92 Å². The fourth-order valence-electron chi connectivity index (χ4n) is 0.363. The van der Waals surface area contributed by atoms with E-state index in [0.717, 1.165) is 0 Å². The summed E-state index contributed by atoms with van der Waals surface area (Å²) >= 11 is 0. The van der Waals surface area contributed by atoms with Crippen LogP contribution >= 0.6 is 0 Å². The van der Waals surface area contributed by atoms with Gasteiger partial charge >= 0.3 is 0 Å². The number of aryl methyl sites for hydroxylation is 1. The molecule has 1 aromatic rings. The van der Waals surface area contributed by atoms with Gasteiger partial charge in [-0.2, -0.15) is 4.79 Å². The largest absolute Gasteiger partial charge is 0.239 e. The van der Waals surface area contributed by atoms with Gasteiger partial charge in [0.25, 0.3) is 0 Å². The van der Waals surface area contributed by atoms with E-state index in [1.807, 2.05) is 0 Å². The maximum absolute atomic E-state index is 11.9. The standard InChI is InChI=1S/C4H5FN2/c1-4-6-2-3-7(4)5/h2-3H,1H3. The molecule has 1 rings (SSSR count). The highest BCUT2D eigenvalue weighted by Crippen LogP contribution is 1.90. The lowest BCUT2D eigenvalue weighted by Gasteiger charge is -1.81. The lowest BCUT2D eigenvalue weighted by Crippen LogP contribution is -1.81. The van der Waals surface area contributed by atoms with Crippen molar-refractivity contribution in [1.82, 2.24) is 9.77 Å². The van der Waals surface area contributed by atoms with Gasteiger partial charge in [-0.1, -0.05) is 4.48 Å². The summed E-state index contributed by atoms with van der Waals surface area (Å²) in [6.07, 6.45) is 2.67. The second-order valence-electron chi connectivity index (χ2n) is 1.29. The van der Waals surface area contributed by atoms with Crippen LogP contribution in [0, 0.1) is 6.92 Å². The molecule has 0 unspecified atom stereocenters.